The molecule has 1 N–H and O–H groups in total. The summed E-state index contributed by atoms with van der Waals surface area (Å²) in [5.41, 5.74) is 0.300. The van der Waals surface area contributed by atoms with E-state index in [1.54, 1.807) is 23.9 Å². The van der Waals surface area contributed by atoms with Gasteiger partial charge in [-0.25, -0.2) is 4.79 Å². The molecule has 2 rings (SSSR count). The van der Waals surface area contributed by atoms with E-state index in [-0.39, 0.29) is 0 Å². The molecule has 0 bridgehead atoms. The third-order valence-electron chi connectivity index (χ3n) is 2.22. The lowest BCUT2D eigenvalue weighted by Crippen LogP contribution is -1.94. The fourth-order valence-corrected chi connectivity index (χ4v) is 3.46. The number of benzene rings is 2. The third-order valence-corrected chi connectivity index (χ3v) is 4.72. The van der Waals surface area contributed by atoms with Gasteiger partial charge < -0.3 is 5.11 Å². The maximum Gasteiger partial charge on any atom is 0.335 e. The van der Waals surface area contributed by atoms with Gasteiger partial charge in [0.15, 0.2) is 0 Å². The van der Waals surface area contributed by atoms with E-state index in [0.717, 1.165) is 18.7 Å². The monoisotopic (exact) mass is 386 g/mol. The van der Waals surface area contributed by atoms with Crippen molar-refractivity contribution >= 4 is 49.6 Å². The van der Waals surface area contributed by atoms with Crippen molar-refractivity contribution in [2.24, 2.45) is 0 Å². The van der Waals surface area contributed by atoms with Crippen molar-refractivity contribution in [3.05, 3.63) is 57.0 Å². The van der Waals surface area contributed by atoms with E-state index in [0.29, 0.717) is 5.56 Å². The molecule has 0 amide bonds. The minimum Gasteiger partial charge on any atom is -0.478 e. The Morgan fingerprint density at radius 1 is 1.06 bits per heavy atom. The number of halogens is 2. The number of carboxylic acids is 1. The van der Waals surface area contributed by atoms with E-state index in [9.17, 15) is 4.79 Å². The van der Waals surface area contributed by atoms with Crippen LogP contribution in [0.15, 0.2) is 61.2 Å². The second-order valence-electron chi connectivity index (χ2n) is 3.51. The summed E-state index contributed by atoms with van der Waals surface area (Å²) < 4.78 is 2.02. The predicted molar refractivity (Wildman–Crippen MR) is 79.4 cm³/mol. The Morgan fingerprint density at radius 2 is 1.72 bits per heavy atom. The van der Waals surface area contributed by atoms with Crippen LogP contribution in [0, 0.1) is 0 Å². The van der Waals surface area contributed by atoms with Crippen LogP contribution in [-0.2, 0) is 0 Å². The molecule has 0 heterocycles. The quantitative estimate of drug-likeness (QED) is 0.799. The molecule has 18 heavy (non-hydrogen) atoms. The van der Waals surface area contributed by atoms with Crippen LogP contribution in [0.4, 0.5) is 0 Å². The second-order valence-corrected chi connectivity index (χ2v) is 6.39. The van der Waals surface area contributed by atoms with Crippen molar-refractivity contribution in [3.63, 3.8) is 0 Å². The fourth-order valence-electron chi connectivity index (χ4n) is 1.35. The van der Waals surface area contributed by atoms with Gasteiger partial charge in [0.1, 0.15) is 0 Å². The fraction of sp³-hybridized carbons (Fsp3) is 0. The highest BCUT2D eigenvalue weighted by atomic mass is 79.9. The van der Waals surface area contributed by atoms with Gasteiger partial charge in [-0.15, -0.1) is 0 Å². The molecule has 0 atom stereocenters. The van der Waals surface area contributed by atoms with Crippen LogP contribution in [-0.4, -0.2) is 11.1 Å². The van der Waals surface area contributed by atoms with Gasteiger partial charge in [0, 0.05) is 18.7 Å². The van der Waals surface area contributed by atoms with Crippen molar-refractivity contribution in [2.75, 3.05) is 0 Å². The van der Waals surface area contributed by atoms with E-state index >= 15 is 0 Å². The van der Waals surface area contributed by atoms with Gasteiger partial charge in [-0.1, -0.05) is 27.7 Å². The zero-order chi connectivity index (χ0) is 13.1. The summed E-state index contributed by atoms with van der Waals surface area (Å²) in [6, 6.07) is 12.8. The Balaban J connectivity index is 2.21. The van der Waals surface area contributed by atoms with Crippen molar-refractivity contribution in [1.82, 2.24) is 0 Å². The zero-order valence-corrected chi connectivity index (χ0v) is 13.0. The van der Waals surface area contributed by atoms with Crippen LogP contribution in [0.25, 0.3) is 0 Å². The van der Waals surface area contributed by atoms with Crippen LogP contribution in [0.5, 0.6) is 0 Å². The van der Waals surface area contributed by atoms with E-state index in [1.165, 1.54) is 0 Å². The lowest BCUT2D eigenvalue weighted by atomic mass is 10.2. The molecule has 0 aliphatic heterocycles. The largest absolute Gasteiger partial charge is 0.478 e. The van der Waals surface area contributed by atoms with Crippen LogP contribution in [0.3, 0.4) is 0 Å². The number of carboxylic acid groups (broad SMARTS) is 1. The highest BCUT2D eigenvalue weighted by molar-refractivity contribution is 9.11. The lowest BCUT2D eigenvalue weighted by molar-refractivity contribution is 0.0697. The Labute approximate surface area is 126 Å². The number of hydrogen-bond acceptors (Lipinski definition) is 2. The SMILES string of the molecule is O=C(O)c1ccc(Sc2ccc(Br)cc2Br)cc1. The molecular formula is C13H8Br2O2S. The topological polar surface area (TPSA) is 37.3 Å². The summed E-state index contributed by atoms with van der Waals surface area (Å²) in [7, 11) is 0. The summed E-state index contributed by atoms with van der Waals surface area (Å²) >= 11 is 8.48. The molecule has 0 aliphatic carbocycles. The first-order chi connectivity index (χ1) is 8.56. The third kappa shape index (κ3) is 3.37. The Bertz CT molecular complexity index is 582. The molecule has 0 saturated carbocycles. The van der Waals surface area contributed by atoms with Crippen molar-refractivity contribution < 1.29 is 9.90 Å². The number of rotatable bonds is 3. The number of aromatic carboxylic acids is 1. The molecule has 0 spiro atoms. The molecule has 0 radical (unpaired) electrons. The Kier molecular flexibility index (Phi) is 4.48. The Morgan fingerprint density at radius 3 is 2.28 bits per heavy atom. The average Bonchev–Trinajstić information content (AvgIpc) is 2.33. The summed E-state index contributed by atoms with van der Waals surface area (Å²) in [4.78, 5) is 12.8. The standard InChI is InChI=1S/C13H8Br2O2S/c14-9-3-6-12(11(15)7-9)18-10-4-1-8(2-5-10)13(16)17/h1-7H,(H,16,17). The van der Waals surface area contributed by atoms with E-state index in [2.05, 4.69) is 31.9 Å². The molecule has 0 saturated heterocycles. The van der Waals surface area contributed by atoms with Gasteiger partial charge in [-0.3, -0.25) is 0 Å². The number of carbonyl (C=O) groups is 1. The van der Waals surface area contributed by atoms with Gasteiger partial charge in [0.05, 0.1) is 5.56 Å². The average molecular weight is 388 g/mol. The summed E-state index contributed by atoms with van der Waals surface area (Å²) in [6.07, 6.45) is 0. The maximum atomic E-state index is 10.7. The predicted octanol–water partition coefficient (Wildman–Crippen LogP) is 5.06. The van der Waals surface area contributed by atoms with E-state index in [4.69, 9.17) is 5.11 Å². The molecule has 0 fully saturated rings. The van der Waals surface area contributed by atoms with Crippen molar-refractivity contribution in [1.29, 1.82) is 0 Å². The molecule has 5 heteroatoms. The maximum absolute atomic E-state index is 10.7. The minimum atomic E-state index is -0.906. The molecule has 2 aromatic rings. The summed E-state index contributed by atoms with van der Waals surface area (Å²) in [5, 5.41) is 8.82. The van der Waals surface area contributed by atoms with Crippen LogP contribution in [0.1, 0.15) is 10.4 Å². The van der Waals surface area contributed by atoms with Gasteiger partial charge in [0.2, 0.25) is 0 Å². The van der Waals surface area contributed by atoms with Gasteiger partial charge in [-0.2, -0.15) is 0 Å². The van der Waals surface area contributed by atoms with Crippen LogP contribution < -0.4 is 0 Å². The van der Waals surface area contributed by atoms with Crippen LogP contribution >= 0.6 is 43.6 Å². The smallest absolute Gasteiger partial charge is 0.335 e. The summed E-state index contributed by atoms with van der Waals surface area (Å²) in [6.45, 7) is 0. The molecule has 2 nitrogen and oxygen atoms in total. The Hall–Kier alpha value is -0.780. The molecule has 0 aliphatic rings. The first-order valence-corrected chi connectivity index (χ1v) is 7.43. The zero-order valence-electron chi connectivity index (χ0n) is 9.06. The van der Waals surface area contributed by atoms with Crippen molar-refractivity contribution in [2.45, 2.75) is 9.79 Å². The first kappa shape index (κ1) is 13.6. The van der Waals surface area contributed by atoms with E-state index in [1.807, 2.05) is 30.3 Å². The highest BCUT2D eigenvalue weighted by Gasteiger charge is 2.05. The highest BCUT2D eigenvalue weighted by Crippen LogP contribution is 2.35. The van der Waals surface area contributed by atoms with Crippen LogP contribution in [0.2, 0.25) is 0 Å². The first-order valence-electron chi connectivity index (χ1n) is 5.02. The lowest BCUT2D eigenvalue weighted by Gasteiger charge is -2.05. The second kappa shape index (κ2) is 5.91. The van der Waals surface area contributed by atoms with Gasteiger partial charge in [-0.05, 0) is 58.4 Å². The molecular weight excluding hydrogens is 380 g/mol. The summed E-state index contributed by atoms with van der Waals surface area (Å²) in [5.74, 6) is -0.906. The minimum absolute atomic E-state index is 0.300. The van der Waals surface area contributed by atoms with E-state index < -0.39 is 5.97 Å². The molecule has 2 aromatic carbocycles. The molecule has 92 valence electrons. The van der Waals surface area contributed by atoms with Gasteiger partial charge in [0.25, 0.3) is 0 Å². The molecule has 0 unspecified atom stereocenters. The molecule has 0 aromatic heterocycles. The normalized spacial score (nSPS) is 10.3. The van der Waals surface area contributed by atoms with Crippen molar-refractivity contribution in [3.8, 4) is 0 Å². The van der Waals surface area contributed by atoms with Gasteiger partial charge >= 0.3 is 5.97 Å². The number of hydrogen-bond donors (Lipinski definition) is 1.